The van der Waals surface area contributed by atoms with Crippen LogP contribution in [0.15, 0.2) is 24.0 Å². The van der Waals surface area contributed by atoms with E-state index in [0.717, 1.165) is 19.3 Å². The number of rotatable bonds is 24. The van der Waals surface area contributed by atoms with Crippen LogP contribution in [0.4, 0.5) is 0 Å². The highest BCUT2D eigenvalue weighted by molar-refractivity contribution is 4.94. The molecule has 3 heteroatoms. The molecule has 3 nitrogen and oxygen atoms in total. The van der Waals surface area contributed by atoms with E-state index in [1.165, 1.54) is 108 Å². The maximum atomic E-state index is 9.21. The lowest BCUT2D eigenvalue weighted by Gasteiger charge is -2.07. The van der Waals surface area contributed by atoms with Gasteiger partial charge in [-0.3, -0.25) is 0 Å². The van der Waals surface area contributed by atoms with E-state index in [1.54, 1.807) is 6.26 Å². The summed E-state index contributed by atoms with van der Waals surface area (Å²) in [6.45, 7) is 4.24. The Kier molecular flexibility index (Phi) is 24.8. The van der Waals surface area contributed by atoms with Gasteiger partial charge in [-0.1, -0.05) is 109 Å². The summed E-state index contributed by atoms with van der Waals surface area (Å²) in [6.07, 6.45) is 31.4. The summed E-state index contributed by atoms with van der Waals surface area (Å²) in [5.41, 5.74) is 1.18. The van der Waals surface area contributed by atoms with Gasteiger partial charge in [0.15, 0.2) is 0 Å². The molecule has 0 radical (unpaired) electrons. The first-order chi connectivity index (χ1) is 15.2. The molecule has 1 unspecified atom stereocenters. The lowest BCUT2D eigenvalue weighted by molar-refractivity contribution is 0.0378. The first-order valence-electron chi connectivity index (χ1n) is 13.4. The largest absolute Gasteiger partial charge is 0.498 e. The van der Waals surface area contributed by atoms with Gasteiger partial charge in [0.2, 0.25) is 0 Å². The van der Waals surface area contributed by atoms with E-state index < -0.39 is 6.10 Å². The number of aliphatic hydroxyl groups is 2. The zero-order chi connectivity index (χ0) is 22.8. The van der Waals surface area contributed by atoms with Gasteiger partial charge in [-0.05, 0) is 44.6 Å². The SMILES string of the molecule is CCCCCCCCCCCCCCCCC/C=C\CCC/C(C)=C/OCC(O)CO. The number of hydrogen-bond donors (Lipinski definition) is 2. The molecule has 0 heterocycles. The van der Waals surface area contributed by atoms with Gasteiger partial charge in [0.05, 0.1) is 12.9 Å². The summed E-state index contributed by atoms with van der Waals surface area (Å²) in [5, 5.41) is 17.9. The van der Waals surface area contributed by atoms with E-state index >= 15 is 0 Å². The Bertz CT molecular complexity index is 403. The molecule has 0 aliphatic heterocycles. The van der Waals surface area contributed by atoms with Gasteiger partial charge in [-0.25, -0.2) is 0 Å². The van der Waals surface area contributed by atoms with Crippen LogP contribution in [0.5, 0.6) is 0 Å². The quantitative estimate of drug-likeness (QED) is 0.0906. The van der Waals surface area contributed by atoms with Crippen LogP contribution < -0.4 is 0 Å². The highest BCUT2D eigenvalue weighted by Gasteiger charge is 2.00. The standard InChI is InChI=1S/C28H54O3/c1-3-4-5-6-7-8-9-10-11-12-13-14-15-16-17-18-19-20-21-22-23-27(2)25-31-26-28(30)24-29/h19-20,25,28-30H,3-18,21-24,26H2,1-2H3/b20-19-,27-25+. The lowest BCUT2D eigenvalue weighted by Crippen LogP contribution is -2.17. The molecule has 184 valence electrons. The molecule has 0 saturated carbocycles. The fraction of sp³-hybridized carbons (Fsp3) is 0.857. The van der Waals surface area contributed by atoms with Gasteiger partial charge in [0, 0.05) is 0 Å². The predicted molar refractivity (Wildman–Crippen MR) is 135 cm³/mol. The van der Waals surface area contributed by atoms with Crippen LogP contribution in [0.25, 0.3) is 0 Å². The molecule has 0 rings (SSSR count). The zero-order valence-electron chi connectivity index (χ0n) is 21.0. The highest BCUT2D eigenvalue weighted by atomic mass is 16.5. The van der Waals surface area contributed by atoms with E-state index in [2.05, 4.69) is 19.1 Å². The molecule has 0 aliphatic rings. The molecule has 0 bridgehead atoms. The Morgan fingerprint density at radius 1 is 0.710 bits per heavy atom. The molecule has 0 saturated heterocycles. The second-order valence-electron chi connectivity index (χ2n) is 9.24. The summed E-state index contributed by atoms with van der Waals surface area (Å²) in [6, 6.07) is 0. The summed E-state index contributed by atoms with van der Waals surface area (Å²) in [4.78, 5) is 0. The molecule has 0 aromatic carbocycles. The van der Waals surface area contributed by atoms with Crippen molar-refractivity contribution in [3.63, 3.8) is 0 Å². The van der Waals surface area contributed by atoms with Crippen molar-refractivity contribution in [1.82, 2.24) is 0 Å². The van der Waals surface area contributed by atoms with Gasteiger partial charge < -0.3 is 14.9 Å². The molecule has 2 N–H and O–H groups in total. The van der Waals surface area contributed by atoms with Crippen LogP contribution in [0.2, 0.25) is 0 Å². The minimum absolute atomic E-state index is 0.160. The van der Waals surface area contributed by atoms with Gasteiger partial charge in [-0.15, -0.1) is 0 Å². The molecule has 0 aliphatic carbocycles. The van der Waals surface area contributed by atoms with Crippen LogP contribution in [0.1, 0.15) is 136 Å². The number of allylic oxidation sites excluding steroid dienone is 3. The van der Waals surface area contributed by atoms with E-state index in [1.807, 2.05) is 6.92 Å². The van der Waals surface area contributed by atoms with E-state index in [4.69, 9.17) is 9.84 Å². The smallest absolute Gasteiger partial charge is 0.115 e. The van der Waals surface area contributed by atoms with Crippen molar-refractivity contribution in [2.45, 2.75) is 142 Å². The molecule has 0 aromatic heterocycles. The maximum absolute atomic E-state index is 9.21. The fourth-order valence-electron chi connectivity index (χ4n) is 3.78. The molecular weight excluding hydrogens is 384 g/mol. The molecular formula is C28H54O3. The normalized spacial score (nSPS) is 13.2. The second-order valence-corrected chi connectivity index (χ2v) is 9.24. The van der Waals surface area contributed by atoms with Crippen LogP contribution in [-0.4, -0.2) is 29.5 Å². The van der Waals surface area contributed by atoms with Crippen molar-refractivity contribution in [3.8, 4) is 0 Å². The van der Waals surface area contributed by atoms with Crippen LogP contribution in [0, 0.1) is 0 Å². The van der Waals surface area contributed by atoms with Gasteiger partial charge >= 0.3 is 0 Å². The summed E-state index contributed by atoms with van der Waals surface area (Å²) in [5.74, 6) is 0. The Morgan fingerprint density at radius 2 is 1.16 bits per heavy atom. The van der Waals surface area contributed by atoms with E-state index in [0.29, 0.717) is 0 Å². The molecule has 1 atom stereocenters. The Labute approximate surface area is 194 Å². The van der Waals surface area contributed by atoms with Crippen molar-refractivity contribution in [2.24, 2.45) is 0 Å². The average Bonchev–Trinajstić information content (AvgIpc) is 2.77. The summed E-state index contributed by atoms with van der Waals surface area (Å²) >= 11 is 0. The Balaban J connectivity index is 3.25. The van der Waals surface area contributed by atoms with Crippen molar-refractivity contribution < 1.29 is 14.9 Å². The third kappa shape index (κ3) is 25.3. The minimum Gasteiger partial charge on any atom is -0.498 e. The van der Waals surface area contributed by atoms with Gasteiger partial charge in [-0.2, -0.15) is 0 Å². The number of ether oxygens (including phenoxy) is 1. The van der Waals surface area contributed by atoms with Crippen LogP contribution in [0.3, 0.4) is 0 Å². The van der Waals surface area contributed by atoms with E-state index in [9.17, 15) is 5.11 Å². The monoisotopic (exact) mass is 438 g/mol. The lowest BCUT2D eigenvalue weighted by atomic mass is 10.0. The van der Waals surface area contributed by atoms with Gasteiger partial charge in [0.1, 0.15) is 12.7 Å². The molecule has 0 aromatic rings. The Morgan fingerprint density at radius 3 is 1.65 bits per heavy atom. The van der Waals surface area contributed by atoms with Crippen molar-refractivity contribution >= 4 is 0 Å². The topological polar surface area (TPSA) is 49.7 Å². The van der Waals surface area contributed by atoms with Gasteiger partial charge in [0.25, 0.3) is 0 Å². The molecule has 0 spiro atoms. The first kappa shape index (κ1) is 30.2. The molecule has 0 fully saturated rings. The molecule has 0 amide bonds. The number of aliphatic hydroxyl groups excluding tert-OH is 2. The highest BCUT2D eigenvalue weighted by Crippen LogP contribution is 2.14. The second kappa shape index (κ2) is 25.5. The fourth-order valence-corrected chi connectivity index (χ4v) is 3.78. The van der Waals surface area contributed by atoms with E-state index in [-0.39, 0.29) is 13.2 Å². The predicted octanol–water partition coefficient (Wildman–Crippen LogP) is 8.25. The van der Waals surface area contributed by atoms with Crippen LogP contribution in [-0.2, 0) is 4.74 Å². The Hall–Kier alpha value is -0.800. The average molecular weight is 439 g/mol. The summed E-state index contributed by atoms with van der Waals surface area (Å²) in [7, 11) is 0. The van der Waals surface area contributed by atoms with Crippen molar-refractivity contribution in [1.29, 1.82) is 0 Å². The summed E-state index contributed by atoms with van der Waals surface area (Å²) < 4.78 is 5.25. The third-order valence-electron chi connectivity index (χ3n) is 5.87. The van der Waals surface area contributed by atoms with Crippen LogP contribution >= 0.6 is 0 Å². The van der Waals surface area contributed by atoms with Crippen molar-refractivity contribution in [2.75, 3.05) is 13.2 Å². The zero-order valence-corrected chi connectivity index (χ0v) is 21.0. The van der Waals surface area contributed by atoms with Crippen molar-refractivity contribution in [3.05, 3.63) is 24.0 Å². The first-order valence-corrected chi connectivity index (χ1v) is 13.4. The molecule has 31 heavy (non-hydrogen) atoms. The maximum Gasteiger partial charge on any atom is 0.115 e. The third-order valence-corrected chi connectivity index (χ3v) is 5.87. The minimum atomic E-state index is -0.785. The number of unbranched alkanes of at least 4 members (excludes halogenated alkanes) is 16. The number of hydrogen-bond acceptors (Lipinski definition) is 3.